The Hall–Kier alpha value is -1.62. The number of hydrogen-bond acceptors (Lipinski definition) is 3. The molecule has 0 aliphatic heterocycles. The molecule has 6 heteroatoms. The molecule has 110 valence electrons. The fourth-order valence-corrected chi connectivity index (χ4v) is 4.45. The van der Waals surface area contributed by atoms with E-state index in [0.29, 0.717) is 5.92 Å². The van der Waals surface area contributed by atoms with Crippen molar-refractivity contribution in [3.8, 4) is 0 Å². The first-order chi connectivity index (χ1) is 10.1. The minimum atomic E-state index is -0.684. The van der Waals surface area contributed by atoms with Crippen LogP contribution in [0.15, 0.2) is 18.5 Å². The van der Waals surface area contributed by atoms with Gasteiger partial charge >= 0.3 is 5.97 Å². The molecule has 1 N–H and O–H groups in total. The van der Waals surface area contributed by atoms with Gasteiger partial charge in [0.1, 0.15) is 5.65 Å². The molecule has 0 aromatic carbocycles. The zero-order valence-electron chi connectivity index (χ0n) is 11.4. The van der Waals surface area contributed by atoms with Gasteiger partial charge in [-0.2, -0.15) is 4.98 Å². The summed E-state index contributed by atoms with van der Waals surface area (Å²) in [6.07, 6.45) is 7.92. The van der Waals surface area contributed by atoms with Crippen molar-refractivity contribution in [2.75, 3.05) is 0 Å². The summed E-state index contributed by atoms with van der Waals surface area (Å²) in [6, 6.07) is 1.92. The van der Waals surface area contributed by atoms with Crippen LogP contribution in [-0.4, -0.2) is 25.6 Å². The van der Waals surface area contributed by atoms with Crippen LogP contribution in [0.4, 0.5) is 0 Å². The van der Waals surface area contributed by atoms with Crippen LogP contribution in [-0.2, 0) is 4.79 Å². The molecule has 0 spiro atoms. The Balaban J connectivity index is 1.85. The SMILES string of the molecule is O=C(O)[C@H]1C2CCC(CC2)[C@@H]1n1ccc2cnc(Cl)nc21. The molecular formula is C15H16ClN3O2. The van der Waals surface area contributed by atoms with Crippen molar-refractivity contribution in [1.82, 2.24) is 14.5 Å². The van der Waals surface area contributed by atoms with Crippen molar-refractivity contribution in [1.29, 1.82) is 0 Å². The number of aromatic nitrogens is 3. The first kappa shape index (κ1) is 13.1. The summed E-state index contributed by atoms with van der Waals surface area (Å²) in [7, 11) is 0. The van der Waals surface area contributed by atoms with E-state index in [0.717, 1.165) is 36.7 Å². The number of carboxylic acids is 1. The average Bonchev–Trinajstić information content (AvgIpc) is 2.90. The van der Waals surface area contributed by atoms with Gasteiger partial charge in [-0.05, 0) is 55.2 Å². The fraction of sp³-hybridized carbons (Fsp3) is 0.533. The molecule has 2 aromatic heterocycles. The predicted molar refractivity (Wildman–Crippen MR) is 78.1 cm³/mol. The zero-order chi connectivity index (χ0) is 14.6. The quantitative estimate of drug-likeness (QED) is 0.865. The van der Waals surface area contributed by atoms with E-state index in [1.54, 1.807) is 6.20 Å². The Morgan fingerprint density at radius 1 is 1.29 bits per heavy atom. The van der Waals surface area contributed by atoms with Gasteiger partial charge < -0.3 is 9.67 Å². The molecule has 0 saturated heterocycles. The molecule has 21 heavy (non-hydrogen) atoms. The second kappa shape index (κ2) is 4.70. The van der Waals surface area contributed by atoms with Crippen LogP contribution < -0.4 is 0 Å². The fourth-order valence-electron chi connectivity index (χ4n) is 4.32. The number of aliphatic carboxylic acids is 1. The predicted octanol–water partition coefficient (Wildman–Crippen LogP) is 3.15. The number of carboxylic acid groups (broad SMARTS) is 1. The van der Waals surface area contributed by atoms with Crippen LogP contribution in [0.3, 0.4) is 0 Å². The molecule has 2 aromatic rings. The summed E-state index contributed by atoms with van der Waals surface area (Å²) in [5.74, 6) is -0.300. The molecule has 3 fully saturated rings. The highest BCUT2D eigenvalue weighted by molar-refractivity contribution is 6.28. The van der Waals surface area contributed by atoms with Gasteiger partial charge in [0.15, 0.2) is 0 Å². The molecule has 3 aliphatic rings. The molecule has 5 rings (SSSR count). The van der Waals surface area contributed by atoms with Gasteiger partial charge in [-0.3, -0.25) is 4.79 Å². The number of halogens is 1. The third-order valence-corrected chi connectivity index (χ3v) is 5.39. The van der Waals surface area contributed by atoms with Crippen LogP contribution in [0.5, 0.6) is 0 Å². The second-order valence-electron chi connectivity index (χ2n) is 6.17. The van der Waals surface area contributed by atoms with Crippen LogP contribution in [0.1, 0.15) is 31.7 Å². The number of nitrogens with zero attached hydrogens (tertiary/aromatic N) is 3. The molecule has 0 radical (unpaired) electrons. The van der Waals surface area contributed by atoms with Gasteiger partial charge in [0.2, 0.25) is 5.28 Å². The minimum Gasteiger partial charge on any atom is -0.481 e. The van der Waals surface area contributed by atoms with Crippen molar-refractivity contribution in [2.45, 2.75) is 31.7 Å². The molecule has 2 atom stereocenters. The number of hydrogen-bond donors (Lipinski definition) is 1. The van der Waals surface area contributed by atoms with E-state index in [4.69, 9.17) is 11.6 Å². The Morgan fingerprint density at radius 2 is 2.00 bits per heavy atom. The van der Waals surface area contributed by atoms with E-state index in [9.17, 15) is 9.90 Å². The van der Waals surface area contributed by atoms with Gasteiger partial charge in [0.25, 0.3) is 0 Å². The molecule has 2 heterocycles. The highest BCUT2D eigenvalue weighted by Crippen LogP contribution is 2.51. The van der Waals surface area contributed by atoms with Gasteiger partial charge in [0, 0.05) is 17.8 Å². The summed E-state index contributed by atoms with van der Waals surface area (Å²) in [4.78, 5) is 20.1. The van der Waals surface area contributed by atoms with E-state index in [1.807, 2.05) is 16.8 Å². The van der Waals surface area contributed by atoms with Crippen molar-refractivity contribution >= 4 is 28.6 Å². The normalized spacial score (nSPS) is 31.7. The molecule has 0 amide bonds. The van der Waals surface area contributed by atoms with E-state index in [-0.39, 0.29) is 23.2 Å². The van der Waals surface area contributed by atoms with Crippen molar-refractivity contribution < 1.29 is 9.90 Å². The van der Waals surface area contributed by atoms with Crippen molar-refractivity contribution in [3.05, 3.63) is 23.7 Å². The van der Waals surface area contributed by atoms with Gasteiger partial charge in [0.05, 0.1) is 12.0 Å². The van der Waals surface area contributed by atoms with E-state index < -0.39 is 5.97 Å². The third kappa shape index (κ3) is 1.94. The molecular weight excluding hydrogens is 290 g/mol. The van der Waals surface area contributed by atoms with Gasteiger partial charge in [-0.1, -0.05) is 0 Å². The minimum absolute atomic E-state index is 0.0153. The number of carbonyl (C=O) groups is 1. The lowest BCUT2D eigenvalue weighted by Gasteiger charge is -2.47. The lowest BCUT2D eigenvalue weighted by Crippen LogP contribution is -2.44. The van der Waals surface area contributed by atoms with Crippen molar-refractivity contribution in [2.24, 2.45) is 17.8 Å². The van der Waals surface area contributed by atoms with Crippen LogP contribution >= 0.6 is 11.6 Å². The zero-order valence-corrected chi connectivity index (χ0v) is 12.2. The maximum atomic E-state index is 11.8. The number of fused-ring (bicyclic) bond motifs is 4. The Labute approximate surface area is 127 Å². The second-order valence-corrected chi connectivity index (χ2v) is 6.51. The van der Waals surface area contributed by atoms with Crippen molar-refractivity contribution in [3.63, 3.8) is 0 Å². The lowest BCUT2D eigenvalue weighted by atomic mass is 9.61. The summed E-state index contributed by atoms with van der Waals surface area (Å²) >= 11 is 5.91. The smallest absolute Gasteiger partial charge is 0.308 e. The van der Waals surface area contributed by atoms with Crippen LogP contribution in [0.2, 0.25) is 5.28 Å². The number of rotatable bonds is 2. The van der Waals surface area contributed by atoms with E-state index in [2.05, 4.69) is 9.97 Å². The molecule has 3 saturated carbocycles. The standard InChI is InChI=1S/C15H16ClN3O2/c16-15-17-7-10-5-6-19(13(10)18-15)12-9-3-1-8(2-4-9)11(12)14(20)21/h5-9,11-12H,1-4H2,(H,20,21)/t8?,9?,11-,12-/m0/s1. The Morgan fingerprint density at radius 3 is 2.71 bits per heavy atom. The molecule has 5 nitrogen and oxygen atoms in total. The largest absolute Gasteiger partial charge is 0.481 e. The highest BCUT2D eigenvalue weighted by Gasteiger charge is 2.48. The summed E-state index contributed by atoms with van der Waals surface area (Å²) in [6.45, 7) is 0. The summed E-state index contributed by atoms with van der Waals surface area (Å²) < 4.78 is 2.03. The van der Waals surface area contributed by atoms with Crippen LogP contribution in [0, 0.1) is 17.8 Å². The van der Waals surface area contributed by atoms with Crippen LogP contribution in [0.25, 0.3) is 11.0 Å². The maximum Gasteiger partial charge on any atom is 0.308 e. The van der Waals surface area contributed by atoms with E-state index >= 15 is 0 Å². The maximum absolute atomic E-state index is 11.8. The summed E-state index contributed by atoms with van der Waals surface area (Å²) in [5, 5.41) is 10.8. The molecule has 0 unspecified atom stereocenters. The highest BCUT2D eigenvalue weighted by atomic mass is 35.5. The van der Waals surface area contributed by atoms with E-state index in [1.165, 1.54) is 0 Å². The molecule has 3 aliphatic carbocycles. The Bertz CT molecular complexity index is 706. The first-order valence-electron chi connectivity index (χ1n) is 7.37. The third-order valence-electron chi connectivity index (χ3n) is 5.21. The lowest BCUT2D eigenvalue weighted by molar-refractivity contribution is -0.151. The van der Waals surface area contributed by atoms with Gasteiger partial charge in [-0.25, -0.2) is 4.98 Å². The first-order valence-corrected chi connectivity index (χ1v) is 7.75. The monoisotopic (exact) mass is 305 g/mol. The Kier molecular flexibility index (Phi) is 2.92. The topological polar surface area (TPSA) is 68.0 Å². The molecule has 2 bridgehead atoms. The average molecular weight is 306 g/mol. The van der Waals surface area contributed by atoms with Gasteiger partial charge in [-0.15, -0.1) is 0 Å². The summed E-state index contributed by atoms with van der Waals surface area (Å²) in [5.41, 5.74) is 0.749.